The van der Waals surface area contributed by atoms with E-state index in [2.05, 4.69) is 0 Å². The van der Waals surface area contributed by atoms with Gasteiger partial charge in [-0.05, 0) is 49.6 Å². The number of rotatable bonds is 5. The van der Waals surface area contributed by atoms with Gasteiger partial charge in [0.25, 0.3) is 5.91 Å². The molecule has 3 rings (SSSR count). The lowest BCUT2D eigenvalue weighted by molar-refractivity contribution is -0.141. The number of likely N-dealkylation sites (tertiary alicyclic amines) is 1. The third-order valence-electron chi connectivity index (χ3n) is 4.04. The third-order valence-corrected chi connectivity index (χ3v) is 4.04. The maximum atomic E-state index is 12.4. The molecule has 0 saturated carbocycles. The Balaban J connectivity index is 1.64. The smallest absolute Gasteiger partial charge is 0.326 e. The average molecular weight is 329 g/mol. The first-order valence-corrected chi connectivity index (χ1v) is 7.86. The maximum Gasteiger partial charge on any atom is 0.326 e. The lowest BCUT2D eigenvalue weighted by Crippen LogP contribution is -2.40. The summed E-state index contributed by atoms with van der Waals surface area (Å²) < 4.78 is 11.2. The van der Waals surface area contributed by atoms with E-state index in [1.54, 1.807) is 12.1 Å². The van der Waals surface area contributed by atoms with Crippen molar-refractivity contribution in [1.82, 2.24) is 4.90 Å². The Morgan fingerprint density at radius 3 is 2.92 bits per heavy atom. The molecular formula is C18H19NO5. The summed E-state index contributed by atoms with van der Waals surface area (Å²) in [4.78, 5) is 25.0. The zero-order chi connectivity index (χ0) is 17.1. The Hall–Kier alpha value is -2.76. The topological polar surface area (TPSA) is 80.0 Å². The van der Waals surface area contributed by atoms with Crippen LogP contribution in [0.1, 0.15) is 34.7 Å². The fourth-order valence-corrected chi connectivity index (χ4v) is 2.84. The minimum atomic E-state index is -0.976. The quantitative estimate of drug-likeness (QED) is 0.912. The van der Waals surface area contributed by atoms with Gasteiger partial charge >= 0.3 is 5.97 Å². The molecule has 1 unspecified atom stereocenters. The van der Waals surface area contributed by atoms with E-state index in [9.17, 15) is 14.7 Å². The maximum absolute atomic E-state index is 12.4. The number of carbonyl (C=O) groups excluding carboxylic acids is 1. The van der Waals surface area contributed by atoms with Crippen LogP contribution in [0.4, 0.5) is 0 Å². The first kappa shape index (κ1) is 16.1. The number of nitrogens with zero attached hydrogens (tertiary/aromatic N) is 1. The number of amides is 1. The Bertz CT molecular complexity index is 751. The minimum absolute atomic E-state index is 0.144. The van der Waals surface area contributed by atoms with Gasteiger partial charge in [0, 0.05) is 6.54 Å². The summed E-state index contributed by atoms with van der Waals surface area (Å²) in [6.07, 6.45) is 1.16. The number of carbonyl (C=O) groups is 2. The molecule has 1 atom stereocenters. The molecule has 1 N–H and O–H groups in total. The Morgan fingerprint density at radius 1 is 1.33 bits per heavy atom. The van der Waals surface area contributed by atoms with Crippen LogP contribution in [0.15, 0.2) is 40.8 Å². The molecule has 1 fully saturated rings. The first-order chi connectivity index (χ1) is 11.5. The lowest BCUT2D eigenvalue weighted by Gasteiger charge is -2.19. The summed E-state index contributed by atoms with van der Waals surface area (Å²) >= 11 is 0. The van der Waals surface area contributed by atoms with Crippen molar-refractivity contribution in [2.24, 2.45) is 0 Å². The number of carboxylic acid groups (broad SMARTS) is 1. The molecule has 0 aliphatic carbocycles. The fraction of sp³-hybridized carbons (Fsp3) is 0.333. The monoisotopic (exact) mass is 329 g/mol. The van der Waals surface area contributed by atoms with Gasteiger partial charge < -0.3 is 19.2 Å². The highest BCUT2D eigenvalue weighted by molar-refractivity contribution is 5.94. The Labute approximate surface area is 139 Å². The van der Waals surface area contributed by atoms with E-state index in [-0.39, 0.29) is 18.3 Å². The lowest BCUT2D eigenvalue weighted by atomic mass is 10.2. The predicted molar refractivity (Wildman–Crippen MR) is 85.9 cm³/mol. The minimum Gasteiger partial charge on any atom is -0.486 e. The van der Waals surface area contributed by atoms with Crippen LogP contribution >= 0.6 is 0 Å². The van der Waals surface area contributed by atoms with Crippen LogP contribution in [0, 0.1) is 6.92 Å². The van der Waals surface area contributed by atoms with Crippen molar-refractivity contribution in [2.45, 2.75) is 32.4 Å². The second-order valence-corrected chi connectivity index (χ2v) is 5.87. The van der Waals surface area contributed by atoms with Gasteiger partial charge in [0.05, 0.1) is 0 Å². The van der Waals surface area contributed by atoms with Crippen LogP contribution in [-0.2, 0) is 11.4 Å². The average Bonchev–Trinajstić information content (AvgIpc) is 3.22. The largest absolute Gasteiger partial charge is 0.486 e. The molecule has 1 aromatic carbocycles. The Morgan fingerprint density at radius 2 is 2.17 bits per heavy atom. The molecule has 1 aliphatic rings. The number of hydrogen-bond acceptors (Lipinski definition) is 4. The van der Waals surface area contributed by atoms with Crippen molar-refractivity contribution >= 4 is 11.9 Å². The molecular weight excluding hydrogens is 310 g/mol. The number of hydrogen-bond donors (Lipinski definition) is 1. The molecule has 126 valence electrons. The standard InChI is InChI=1S/C18H19NO5/c1-12-4-2-5-13(10-12)23-11-14-7-8-16(24-14)17(20)19-9-3-6-15(19)18(21)22/h2,4-5,7-8,10,15H,3,6,9,11H2,1H3,(H,21,22). The van der Waals surface area contributed by atoms with Gasteiger partial charge in [-0.2, -0.15) is 0 Å². The van der Waals surface area contributed by atoms with Crippen molar-refractivity contribution < 1.29 is 23.8 Å². The van der Waals surface area contributed by atoms with E-state index in [0.717, 1.165) is 11.3 Å². The summed E-state index contributed by atoms with van der Waals surface area (Å²) in [6.45, 7) is 2.62. The number of carboxylic acids is 1. The summed E-state index contributed by atoms with van der Waals surface area (Å²) in [5.41, 5.74) is 1.09. The first-order valence-electron chi connectivity index (χ1n) is 7.86. The zero-order valence-electron chi connectivity index (χ0n) is 13.4. The van der Waals surface area contributed by atoms with Crippen LogP contribution in [0.3, 0.4) is 0 Å². The Kier molecular flexibility index (Phi) is 4.55. The van der Waals surface area contributed by atoms with E-state index in [0.29, 0.717) is 25.1 Å². The number of ether oxygens (including phenoxy) is 1. The van der Waals surface area contributed by atoms with Crippen LogP contribution < -0.4 is 4.74 Å². The number of aryl methyl sites for hydroxylation is 1. The van der Waals surface area contributed by atoms with Crippen molar-refractivity contribution in [3.8, 4) is 5.75 Å². The number of benzene rings is 1. The highest BCUT2D eigenvalue weighted by Crippen LogP contribution is 2.22. The highest BCUT2D eigenvalue weighted by Gasteiger charge is 2.35. The molecule has 1 aromatic heterocycles. The van der Waals surface area contributed by atoms with E-state index in [4.69, 9.17) is 9.15 Å². The summed E-state index contributed by atoms with van der Waals surface area (Å²) in [6, 6.07) is 10.1. The van der Waals surface area contributed by atoms with E-state index in [1.165, 1.54) is 4.90 Å². The molecule has 1 aliphatic heterocycles. The van der Waals surface area contributed by atoms with Gasteiger partial charge in [-0.15, -0.1) is 0 Å². The van der Waals surface area contributed by atoms with Crippen molar-refractivity contribution in [1.29, 1.82) is 0 Å². The van der Waals surface area contributed by atoms with Gasteiger partial charge in [0.15, 0.2) is 5.76 Å². The number of furan rings is 1. The molecule has 6 heteroatoms. The van der Waals surface area contributed by atoms with Gasteiger partial charge in [-0.1, -0.05) is 12.1 Å². The second kappa shape index (κ2) is 6.78. The predicted octanol–water partition coefficient (Wildman–Crippen LogP) is 2.86. The van der Waals surface area contributed by atoms with Crippen LogP contribution in [0.25, 0.3) is 0 Å². The van der Waals surface area contributed by atoms with Crippen molar-refractivity contribution in [2.75, 3.05) is 6.54 Å². The second-order valence-electron chi connectivity index (χ2n) is 5.87. The van der Waals surface area contributed by atoms with Crippen LogP contribution in [-0.4, -0.2) is 34.5 Å². The van der Waals surface area contributed by atoms with E-state index in [1.807, 2.05) is 31.2 Å². The van der Waals surface area contributed by atoms with E-state index < -0.39 is 12.0 Å². The zero-order valence-corrected chi connectivity index (χ0v) is 13.4. The molecule has 0 bridgehead atoms. The van der Waals surface area contributed by atoms with Gasteiger partial charge in [0.2, 0.25) is 0 Å². The molecule has 1 saturated heterocycles. The number of aliphatic carboxylic acids is 1. The summed E-state index contributed by atoms with van der Waals surface area (Å²) in [5.74, 6) is 0.0267. The summed E-state index contributed by atoms with van der Waals surface area (Å²) in [7, 11) is 0. The molecule has 1 amide bonds. The van der Waals surface area contributed by atoms with Gasteiger partial charge in [0.1, 0.15) is 24.2 Å². The molecule has 2 heterocycles. The SMILES string of the molecule is Cc1cccc(OCc2ccc(C(=O)N3CCCC3C(=O)O)o2)c1. The summed E-state index contributed by atoms with van der Waals surface area (Å²) in [5, 5.41) is 9.17. The van der Waals surface area contributed by atoms with Crippen LogP contribution in [0.5, 0.6) is 5.75 Å². The normalized spacial score (nSPS) is 17.0. The molecule has 2 aromatic rings. The van der Waals surface area contributed by atoms with Crippen LogP contribution in [0.2, 0.25) is 0 Å². The molecule has 6 nitrogen and oxygen atoms in total. The fourth-order valence-electron chi connectivity index (χ4n) is 2.84. The third kappa shape index (κ3) is 3.42. The van der Waals surface area contributed by atoms with Crippen molar-refractivity contribution in [3.05, 3.63) is 53.5 Å². The van der Waals surface area contributed by atoms with Gasteiger partial charge in [-0.3, -0.25) is 4.79 Å². The highest BCUT2D eigenvalue weighted by atomic mass is 16.5. The van der Waals surface area contributed by atoms with Crippen molar-refractivity contribution in [3.63, 3.8) is 0 Å². The van der Waals surface area contributed by atoms with E-state index >= 15 is 0 Å². The van der Waals surface area contributed by atoms with Gasteiger partial charge in [-0.25, -0.2) is 4.79 Å². The molecule has 0 spiro atoms. The molecule has 0 radical (unpaired) electrons. The molecule has 24 heavy (non-hydrogen) atoms.